The molecule has 0 aliphatic carbocycles. The van der Waals surface area contributed by atoms with Gasteiger partial charge in [-0.1, -0.05) is 11.6 Å². The number of fused-ring (bicyclic) bond motifs is 1. The highest BCUT2D eigenvalue weighted by Gasteiger charge is 2.37. The van der Waals surface area contributed by atoms with Gasteiger partial charge in [0.1, 0.15) is 5.02 Å². The van der Waals surface area contributed by atoms with Gasteiger partial charge >= 0.3 is 6.18 Å². The van der Waals surface area contributed by atoms with Crippen molar-refractivity contribution in [2.75, 3.05) is 19.5 Å². The van der Waals surface area contributed by atoms with Gasteiger partial charge in [-0.25, -0.2) is 9.50 Å². The van der Waals surface area contributed by atoms with Gasteiger partial charge in [-0.3, -0.25) is 9.59 Å². The van der Waals surface area contributed by atoms with E-state index in [2.05, 4.69) is 15.4 Å². The molecule has 12 heteroatoms. The van der Waals surface area contributed by atoms with Crippen LogP contribution >= 0.6 is 11.6 Å². The van der Waals surface area contributed by atoms with Crippen molar-refractivity contribution in [3.63, 3.8) is 0 Å². The van der Waals surface area contributed by atoms with E-state index in [1.807, 2.05) is 0 Å². The molecule has 186 valence electrons. The first-order valence-corrected chi connectivity index (χ1v) is 10.7. The van der Waals surface area contributed by atoms with Crippen LogP contribution in [0.5, 0.6) is 11.5 Å². The molecule has 4 rings (SSSR count). The molecule has 0 spiro atoms. The summed E-state index contributed by atoms with van der Waals surface area (Å²) in [5.74, 6) is -0.328. The zero-order valence-electron chi connectivity index (χ0n) is 19.1. The summed E-state index contributed by atoms with van der Waals surface area (Å²) in [6, 6.07) is 11.3. The number of Topliss-reactive ketones (excluding diaryl/α,β-unsaturated/α-hetero) is 1. The molecule has 2 heterocycles. The average molecular weight is 519 g/mol. The van der Waals surface area contributed by atoms with Crippen molar-refractivity contribution in [3.05, 3.63) is 70.5 Å². The van der Waals surface area contributed by atoms with Gasteiger partial charge in [-0.05, 0) is 55.5 Å². The molecule has 0 unspecified atom stereocenters. The van der Waals surface area contributed by atoms with Crippen molar-refractivity contribution in [1.82, 2.24) is 14.6 Å². The van der Waals surface area contributed by atoms with E-state index in [-0.39, 0.29) is 22.1 Å². The largest absolute Gasteiger partial charge is 0.493 e. The third kappa shape index (κ3) is 4.69. The molecule has 1 amide bonds. The quantitative estimate of drug-likeness (QED) is 0.337. The molecule has 1 N–H and O–H groups in total. The minimum Gasteiger partial charge on any atom is -0.493 e. The maximum absolute atomic E-state index is 14.0. The standard InChI is InChI=1S/C24H18ClF3N4O4/c1-12(33)13-4-7-15(8-5-13)29-23(34)21-20(25)22-30-16(11-19(24(26,27)28)32(22)31-21)14-6-9-17(35-2)18(10-14)36-3/h4-11H,1-3H3,(H,29,34). The number of anilines is 1. The Kier molecular flexibility index (Phi) is 6.59. The van der Waals surface area contributed by atoms with Crippen LogP contribution in [-0.4, -0.2) is 40.5 Å². The monoisotopic (exact) mass is 518 g/mol. The number of ketones is 1. The van der Waals surface area contributed by atoms with E-state index >= 15 is 0 Å². The number of alkyl halides is 3. The van der Waals surface area contributed by atoms with Crippen molar-refractivity contribution in [2.24, 2.45) is 0 Å². The highest BCUT2D eigenvalue weighted by Crippen LogP contribution is 2.37. The van der Waals surface area contributed by atoms with E-state index in [4.69, 9.17) is 21.1 Å². The molecule has 0 saturated heterocycles. The zero-order valence-corrected chi connectivity index (χ0v) is 19.9. The molecule has 2 aromatic heterocycles. The molecule has 36 heavy (non-hydrogen) atoms. The highest BCUT2D eigenvalue weighted by atomic mass is 35.5. The highest BCUT2D eigenvalue weighted by molar-refractivity contribution is 6.37. The van der Waals surface area contributed by atoms with Gasteiger partial charge in [-0.2, -0.15) is 18.3 Å². The predicted molar refractivity (Wildman–Crippen MR) is 126 cm³/mol. The number of carbonyl (C=O) groups excluding carboxylic acids is 2. The Morgan fingerprint density at radius 1 is 1.00 bits per heavy atom. The van der Waals surface area contributed by atoms with Gasteiger partial charge in [0.2, 0.25) is 0 Å². The number of carbonyl (C=O) groups is 2. The van der Waals surface area contributed by atoms with Crippen LogP contribution in [0.1, 0.15) is 33.5 Å². The predicted octanol–water partition coefficient (Wildman–Crippen LogP) is 5.54. The smallest absolute Gasteiger partial charge is 0.433 e. The summed E-state index contributed by atoms with van der Waals surface area (Å²) in [4.78, 5) is 28.5. The van der Waals surface area contributed by atoms with E-state index < -0.39 is 23.5 Å². The van der Waals surface area contributed by atoms with E-state index in [1.165, 1.54) is 63.6 Å². The first kappa shape index (κ1) is 25.0. The third-order valence-corrected chi connectivity index (χ3v) is 5.61. The molecule has 0 saturated carbocycles. The number of ether oxygens (including phenoxy) is 2. The van der Waals surface area contributed by atoms with Crippen molar-refractivity contribution < 1.29 is 32.2 Å². The number of methoxy groups -OCH3 is 2. The number of nitrogens with one attached hydrogen (secondary N) is 1. The molecular weight excluding hydrogens is 501 g/mol. The second kappa shape index (κ2) is 9.50. The Balaban J connectivity index is 1.80. The van der Waals surface area contributed by atoms with E-state index in [0.29, 0.717) is 32.8 Å². The van der Waals surface area contributed by atoms with E-state index in [9.17, 15) is 22.8 Å². The molecule has 0 fully saturated rings. The minimum absolute atomic E-state index is 0.0654. The molecule has 0 radical (unpaired) electrons. The van der Waals surface area contributed by atoms with Crippen LogP contribution in [0.4, 0.5) is 18.9 Å². The van der Waals surface area contributed by atoms with Crippen LogP contribution in [0, 0.1) is 0 Å². The summed E-state index contributed by atoms with van der Waals surface area (Å²) in [6.45, 7) is 1.39. The lowest BCUT2D eigenvalue weighted by Crippen LogP contribution is -2.16. The van der Waals surface area contributed by atoms with Gasteiger partial charge in [0.25, 0.3) is 5.91 Å². The summed E-state index contributed by atoms with van der Waals surface area (Å²) in [6.07, 6.45) is -4.84. The number of benzene rings is 2. The normalized spacial score (nSPS) is 11.4. The van der Waals surface area contributed by atoms with Crippen molar-refractivity contribution >= 4 is 34.6 Å². The lowest BCUT2D eigenvalue weighted by atomic mass is 10.1. The van der Waals surface area contributed by atoms with Crippen LogP contribution in [0.25, 0.3) is 16.9 Å². The van der Waals surface area contributed by atoms with Crippen LogP contribution in [0.3, 0.4) is 0 Å². The van der Waals surface area contributed by atoms with Gasteiger partial charge < -0.3 is 14.8 Å². The number of amides is 1. The lowest BCUT2D eigenvalue weighted by molar-refractivity contribution is -0.142. The van der Waals surface area contributed by atoms with Crippen molar-refractivity contribution in [3.8, 4) is 22.8 Å². The van der Waals surface area contributed by atoms with Gasteiger partial charge in [0.15, 0.2) is 34.3 Å². The molecule has 0 aliphatic rings. The van der Waals surface area contributed by atoms with Crippen LogP contribution < -0.4 is 14.8 Å². The summed E-state index contributed by atoms with van der Waals surface area (Å²) in [7, 11) is 2.83. The van der Waals surface area contributed by atoms with Crippen LogP contribution in [0.2, 0.25) is 5.02 Å². The number of halogens is 4. The maximum atomic E-state index is 14.0. The molecule has 0 atom stereocenters. The van der Waals surface area contributed by atoms with Gasteiger partial charge in [-0.15, -0.1) is 0 Å². The Morgan fingerprint density at radius 3 is 2.25 bits per heavy atom. The molecule has 0 aliphatic heterocycles. The lowest BCUT2D eigenvalue weighted by Gasteiger charge is -2.12. The summed E-state index contributed by atoms with van der Waals surface area (Å²) >= 11 is 6.31. The fraction of sp³-hybridized carbons (Fsp3) is 0.167. The summed E-state index contributed by atoms with van der Waals surface area (Å²) in [5.41, 5.74) is -1.01. The first-order valence-electron chi connectivity index (χ1n) is 10.3. The Bertz CT molecular complexity index is 1480. The van der Waals surface area contributed by atoms with Gasteiger partial charge in [0, 0.05) is 16.8 Å². The number of rotatable bonds is 6. The maximum Gasteiger partial charge on any atom is 0.433 e. The number of aromatic nitrogens is 3. The van der Waals surface area contributed by atoms with Crippen LogP contribution in [-0.2, 0) is 6.18 Å². The van der Waals surface area contributed by atoms with Crippen molar-refractivity contribution in [1.29, 1.82) is 0 Å². The Hall–Kier alpha value is -4.12. The van der Waals surface area contributed by atoms with Crippen LogP contribution in [0.15, 0.2) is 48.5 Å². The number of nitrogens with zero attached hydrogens (tertiary/aromatic N) is 3. The molecule has 0 bridgehead atoms. The summed E-state index contributed by atoms with van der Waals surface area (Å²) in [5, 5.41) is 5.96. The summed E-state index contributed by atoms with van der Waals surface area (Å²) < 4.78 is 52.8. The fourth-order valence-corrected chi connectivity index (χ4v) is 3.71. The topological polar surface area (TPSA) is 94.8 Å². The third-order valence-electron chi connectivity index (χ3n) is 5.27. The molecule has 8 nitrogen and oxygen atoms in total. The minimum atomic E-state index is -4.84. The first-order chi connectivity index (χ1) is 17.0. The Morgan fingerprint density at radius 2 is 1.67 bits per heavy atom. The fourth-order valence-electron chi connectivity index (χ4n) is 3.46. The average Bonchev–Trinajstić information content (AvgIpc) is 3.19. The molecule has 4 aromatic rings. The van der Waals surface area contributed by atoms with E-state index in [1.54, 1.807) is 0 Å². The van der Waals surface area contributed by atoms with E-state index in [0.717, 1.165) is 6.07 Å². The number of hydrogen-bond donors (Lipinski definition) is 1. The number of hydrogen-bond acceptors (Lipinski definition) is 6. The zero-order chi connectivity index (χ0) is 26.2. The van der Waals surface area contributed by atoms with Gasteiger partial charge in [0.05, 0.1) is 19.9 Å². The molecule has 2 aromatic carbocycles. The molecular formula is C24H18ClF3N4O4. The second-order valence-corrected chi connectivity index (χ2v) is 7.96. The second-order valence-electron chi connectivity index (χ2n) is 7.58. The Labute approximate surface area is 207 Å². The SMILES string of the molecule is COc1ccc(-c2cc(C(F)(F)F)n3nc(C(=O)Nc4ccc(C(C)=O)cc4)c(Cl)c3n2)cc1OC. The van der Waals surface area contributed by atoms with Crippen molar-refractivity contribution in [2.45, 2.75) is 13.1 Å².